The number of pyridine rings is 2. The Bertz CT molecular complexity index is 2720. The molecule has 12 nitrogen and oxygen atoms in total. The molecule has 2 N–H and O–H groups in total. The van der Waals surface area contributed by atoms with Crippen LogP contribution >= 0.6 is 0 Å². The van der Waals surface area contributed by atoms with Gasteiger partial charge in [0.2, 0.25) is 11.0 Å². The van der Waals surface area contributed by atoms with E-state index in [1.54, 1.807) is 48.5 Å². The smallest absolute Gasteiger partial charge is 0.255 e. The first-order valence-corrected chi connectivity index (χ1v) is 21.0. The van der Waals surface area contributed by atoms with Gasteiger partial charge in [-0.25, -0.2) is 16.8 Å². The van der Waals surface area contributed by atoms with E-state index >= 15 is 0 Å². The highest BCUT2D eigenvalue weighted by molar-refractivity contribution is 7.86. The van der Waals surface area contributed by atoms with Crippen molar-refractivity contribution in [1.82, 2.24) is 0 Å². The fraction of sp³-hybridized carbons (Fsp3) is 0.136. The molecule has 2 heterocycles. The number of carbonyl (C=O) groups is 2. The van der Waals surface area contributed by atoms with Gasteiger partial charge in [-0.05, 0) is 113 Å². The van der Waals surface area contributed by atoms with E-state index in [2.05, 4.69) is 33.6 Å². The monoisotopic (exact) mass is 818 g/mol. The van der Waals surface area contributed by atoms with Crippen molar-refractivity contribution in [3.8, 4) is 0 Å². The van der Waals surface area contributed by atoms with Gasteiger partial charge in [0.25, 0.3) is 11.8 Å². The summed E-state index contributed by atoms with van der Waals surface area (Å²) in [6, 6.07) is 38.1. The molecule has 0 aliphatic rings. The van der Waals surface area contributed by atoms with E-state index in [4.69, 9.17) is 0 Å². The summed E-state index contributed by atoms with van der Waals surface area (Å²) in [5.41, 5.74) is 6.52. The minimum atomic E-state index is -4.27. The molecule has 0 bridgehead atoms. The number of hydrogen-bond donors (Lipinski definition) is 2. The molecule has 0 aliphatic heterocycles. The van der Waals surface area contributed by atoms with Crippen LogP contribution in [-0.2, 0) is 33.3 Å². The Balaban J connectivity index is 0.000000236. The van der Waals surface area contributed by atoms with Crippen LogP contribution in [0.3, 0.4) is 0 Å². The highest BCUT2D eigenvalue weighted by Gasteiger charge is 2.13. The van der Waals surface area contributed by atoms with Crippen molar-refractivity contribution in [3.05, 3.63) is 168 Å². The highest BCUT2D eigenvalue weighted by atomic mass is 32.2. The first kappa shape index (κ1) is 42.8. The van der Waals surface area contributed by atoms with Gasteiger partial charge in [0, 0.05) is 57.5 Å². The molecule has 0 aliphatic carbocycles. The molecule has 0 saturated heterocycles. The van der Waals surface area contributed by atoms with Crippen LogP contribution in [0.25, 0.3) is 21.8 Å². The van der Waals surface area contributed by atoms with Crippen LogP contribution in [-0.4, -0.2) is 37.8 Å². The summed E-state index contributed by atoms with van der Waals surface area (Å²) in [7, 11) is -8.54. The molecule has 0 atom stereocenters. The number of amides is 2. The number of anilines is 2. The van der Waals surface area contributed by atoms with Gasteiger partial charge in [-0.2, -0.15) is 9.13 Å². The largest absolute Gasteiger partial charge is 0.744 e. The maximum atomic E-state index is 12.8. The SMILES string of the molecule is CC[n+]1cccc2cc(NC(=O)c3ccc(NC(=O)c4ccc5c(ccc[n+]5CC)c4)cc3)ccc21.Cc1ccc(S(=O)(=O)[O-])cc1.Cc1ccc(S(=O)(=O)[O-])cc1. The normalized spacial score (nSPS) is 11.1. The quantitative estimate of drug-likeness (QED) is 0.123. The van der Waals surface area contributed by atoms with Gasteiger partial charge in [-0.1, -0.05) is 35.4 Å². The van der Waals surface area contributed by atoms with Crippen molar-refractivity contribution in [2.45, 2.75) is 50.6 Å². The molecular formula is C44H42N4O8S2. The van der Waals surface area contributed by atoms with Gasteiger partial charge in [-0.3, -0.25) is 9.59 Å². The molecule has 14 heteroatoms. The number of fused-ring (bicyclic) bond motifs is 2. The molecule has 7 aromatic rings. The van der Waals surface area contributed by atoms with Crippen LogP contribution in [0.4, 0.5) is 11.4 Å². The van der Waals surface area contributed by atoms with E-state index in [9.17, 15) is 35.5 Å². The molecule has 5 aromatic carbocycles. The van der Waals surface area contributed by atoms with Crippen molar-refractivity contribution >= 4 is 65.2 Å². The number of hydrogen-bond acceptors (Lipinski definition) is 8. The van der Waals surface area contributed by atoms with E-state index in [-0.39, 0.29) is 21.6 Å². The number of rotatable bonds is 8. The number of benzene rings is 5. The van der Waals surface area contributed by atoms with Gasteiger partial charge in [-0.15, -0.1) is 0 Å². The Hall–Kier alpha value is -6.32. The van der Waals surface area contributed by atoms with Crippen molar-refractivity contribution in [2.24, 2.45) is 0 Å². The van der Waals surface area contributed by atoms with Crippen molar-refractivity contribution in [2.75, 3.05) is 10.6 Å². The zero-order chi connectivity index (χ0) is 42.0. The van der Waals surface area contributed by atoms with E-state index in [1.807, 2.05) is 86.9 Å². The molecule has 0 spiro atoms. The zero-order valence-electron chi connectivity index (χ0n) is 32.2. The second-order valence-electron chi connectivity index (χ2n) is 13.2. The summed E-state index contributed by atoms with van der Waals surface area (Å²) in [5, 5.41) is 7.96. The van der Waals surface area contributed by atoms with Gasteiger partial charge in [0.1, 0.15) is 33.3 Å². The average Bonchev–Trinajstić information content (AvgIpc) is 3.20. The summed E-state index contributed by atoms with van der Waals surface area (Å²) >= 11 is 0. The Morgan fingerprint density at radius 1 is 0.517 bits per heavy atom. The molecule has 2 aromatic heterocycles. The fourth-order valence-corrected chi connectivity index (χ4v) is 6.79. The Kier molecular flexibility index (Phi) is 13.8. The van der Waals surface area contributed by atoms with Crippen molar-refractivity contribution in [3.63, 3.8) is 0 Å². The van der Waals surface area contributed by atoms with Crippen molar-refractivity contribution in [1.29, 1.82) is 0 Å². The minimum absolute atomic E-state index is 0.178. The second-order valence-corrected chi connectivity index (χ2v) is 15.9. The maximum Gasteiger partial charge on any atom is 0.255 e. The van der Waals surface area contributed by atoms with Crippen LogP contribution < -0.4 is 19.8 Å². The average molecular weight is 819 g/mol. The van der Waals surface area contributed by atoms with E-state index in [0.29, 0.717) is 16.8 Å². The summed E-state index contributed by atoms with van der Waals surface area (Å²) in [5.74, 6) is -0.397. The van der Waals surface area contributed by atoms with Gasteiger partial charge in [0.05, 0.1) is 9.79 Å². The van der Waals surface area contributed by atoms with Gasteiger partial charge in [0.15, 0.2) is 12.4 Å². The van der Waals surface area contributed by atoms with Gasteiger partial charge >= 0.3 is 0 Å². The molecule has 0 saturated carbocycles. The number of nitrogens with zero attached hydrogens (tertiary/aromatic N) is 2. The molecule has 298 valence electrons. The molecule has 58 heavy (non-hydrogen) atoms. The third-order valence-electron chi connectivity index (χ3n) is 8.98. The number of aromatic nitrogens is 2. The van der Waals surface area contributed by atoms with E-state index in [1.165, 1.54) is 24.3 Å². The topological polar surface area (TPSA) is 180 Å². The second kappa shape index (κ2) is 18.7. The lowest BCUT2D eigenvalue weighted by Crippen LogP contribution is -2.32. The first-order chi connectivity index (χ1) is 27.5. The van der Waals surface area contributed by atoms with E-state index in [0.717, 1.165) is 51.7 Å². The number of nitrogens with one attached hydrogen (secondary N) is 2. The van der Waals surface area contributed by atoms with Crippen LogP contribution in [0.5, 0.6) is 0 Å². The molecule has 2 amide bonds. The van der Waals surface area contributed by atoms with Crippen LogP contribution in [0.15, 0.2) is 156 Å². The summed E-state index contributed by atoms with van der Waals surface area (Å²) in [6.45, 7) is 9.58. The van der Waals surface area contributed by atoms with Crippen LogP contribution in [0, 0.1) is 13.8 Å². The van der Waals surface area contributed by atoms with Crippen LogP contribution in [0.1, 0.15) is 45.7 Å². The summed E-state index contributed by atoms with van der Waals surface area (Å²) < 4.78 is 66.6. The predicted molar refractivity (Wildman–Crippen MR) is 220 cm³/mol. The maximum absolute atomic E-state index is 12.8. The number of aryl methyl sites for hydroxylation is 4. The zero-order valence-corrected chi connectivity index (χ0v) is 33.9. The molecule has 0 radical (unpaired) electrons. The molecule has 7 rings (SSSR count). The third kappa shape index (κ3) is 11.4. The predicted octanol–water partition coefficient (Wildman–Crippen LogP) is 6.91. The van der Waals surface area contributed by atoms with Crippen LogP contribution in [0.2, 0.25) is 0 Å². The summed E-state index contributed by atoms with van der Waals surface area (Å²) in [4.78, 5) is 25.3. The molecular weight excluding hydrogens is 777 g/mol. The van der Waals surface area contributed by atoms with Crippen molar-refractivity contribution < 1.29 is 44.7 Å². The standard InChI is InChI=1S/C30H26N4O2.2C7H8O3S/c1-3-33-17-5-7-22-19-24(11-15-27(22)33)30(36)31-25-12-9-21(10-13-25)29(35)32-26-14-16-28-23(20-26)8-6-18-34(28)4-2;2*1-6-2-4-7(5-3-6)11(8,9)10/h5-20H,3-4H2,1-2H3;2*2-5H,1H3,(H,8,9,10). The Morgan fingerprint density at radius 2 is 0.914 bits per heavy atom. The van der Waals surface area contributed by atoms with Gasteiger partial charge < -0.3 is 19.7 Å². The Labute approximate surface area is 337 Å². The lowest BCUT2D eigenvalue weighted by Gasteiger charge is -2.09. The lowest BCUT2D eigenvalue weighted by atomic mass is 10.1. The molecule has 0 unspecified atom stereocenters. The van der Waals surface area contributed by atoms with E-state index < -0.39 is 20.2 Å². The highest BCUT2D eigenvalue weighted by Crippen LogP contribution is 2.19. The molecule has 0 fully saturated rings. The number of carbonyl (C=O) groups excluding carboxylic acids is 2. The Morgan fingerprint density at radius 3 is 1.38 bits per heavy atom. The lowest BCUT2D eigenvalue weighted by molar-refractivity contribution is -0.668. The fourth-order valence-electron chi connectivity index (χ4n) is 5.85. The first-order valence-electron chi connectivity index (χ1n) is 18.2. The third-order valence-corrected chi connectivity index (χ3v) is 10.7. The summed E-state index contributed by atoms with van der Waals surface area (Å²) in [6.07, 6.45) is 4.07. The minimum Gasteiger partial charge on any atom is -0.744 e.